The third-order valence-corrected chi connectivity index (χ3v) is 2.98. The molecule has 0 aliphatic heterocycles. The van der Waals surface area contributed by atoms with E-state index in [0.29, 0.717) is 11.2 Å². The van der Waals surface area contributed by atoms with Crippen molar-refractivity contribution in [2.24, 2.45) is 0 Å². The van der Waals surface area contributed by atoms with Crippen molar-refractivity contribution in [1.82, 2.24) is 4.98 Å². The second kappa shape index (κ2) is 3.84. The number of anilines is 1. The van der Waals surface area contributed by atoms with Crippen molar-refractivity contribution in [3.05, 3.63) is 42.2 Å². The van der Waals surface area contributed by atoms with E-state index in [4.69, 9.17) is 10.5 Å². The zero-order chi connectivity index (χ0) is 12.7. The Morgan fingerprint density at radius 1 is 1.06 bits per heavy atom. The van der Waals surface area contributed by atoms with Crippen molar-refractivity contribution >= 4 is 27.5 Å². The first-order chi connectivity index (χ1) is 8.69. The molecule has 0 aliphatic rings. The number of rotatable bonds is 1. The molecule has 2 aromatic carbocycles. The van der Waals surface area contributed by atoms with Gasteiger partial charge in [-0.1, -0.05) is 0 Å². The zero-order valence-electron chi connectivity index (χ0n) is 9.77. The number of hydrogen-bond acceptors (Lipinski definition) is 3. The second-order valence-electron chi connectivity index (χ2n) is 4.07. The highest BCUT2D eigenvalue weighted by molar-refractivity contribution is 6.06. The molecule has 1 aromatic heterocycles. The first-order valence-electron chi connectivity index (χ1n) is 5.51. The topological polar surface area (TPSA) is 48.1 Å². The molecular formula is C14H11FN2O. The molecule has 0 spiro atoms. The van der Waals surface area contributed by atoms with E-state index in [9.17, 15) is 4.39 Å². The summed E-state index contributed by atoms with van der Waals surface area (Å²) in [6.07, 6.45) is 0. The monoisotopic (exact) mass is 242 g/mol. The third-order valence-electron chi connectivity index (χ3n) is 2.98. The lowest BCUT2D eigenvalue weighted by Gasteiger charge is -2.08. The smallest absolute Gasteiger partial charge is 0.125 e. The molecule has 3 nitrogen and oxygen atoms in total. The Balaban J connectivity index is 2.44. The van der Waals surface area contributed by atoms with Crippen LogP contribution in [-0.2, 0) is 0 Å². The minimum Gasteiger partial charge on any atom is -0.497 e. The molecule has 0 saturated heterocycles. The number of pyridine rings is 1. The molecule has 3 rings (SSSR count). The molecule has 0 atom stereocenters. The van der Waals surface area contributed by atoms with Crippen LogP contribution >= 0.6 is 0 Å². The van der Waals surface area contributed by atoms with E-state index < -0.39 is 0 Å². The molecule has 1 heterocycles. The number of ether oxygens (including phenoxy) is 1. The van der Waals surface area contributed by atoms with E-state index in [1.165, 1.54) is 12.1 Å². The normalized spacial score (nSPS) is 11.0. The van der Waals surface area contributed by atoms with E-state index in [0.717, 1.165) is 22.0 Å². The van der Waals surface area contributed by atoms with Crippen LogP contribution in [0.3, 0.4) is 0 Å². The molecule has 90 valence electrons. The number of aromatic nitrogens is 1. The Labute approximate surface area is 103 Å². The number of nitrogens with zero attached hydrogens (tertiary/aromatic N) is 1. The van der Waals surface area contributed by atoms with Crippen LogP contribution in [0.5, 0.6) is 5.75 Å². The maximum Gasteiger partial charge on any atom is 0.125 e. The van der Waals surface area contributed by atoms with Gasteiger partial charge in [-0.05, 0) is 30.3 Å². The lowest BCUT2D eigenvalue weighted by Crippen LogP contribution is -1.94. The Bertz CT molecular complexity index is 755. The van der Waals surface area contributed by atoms with Gasteiger partial charge >= 0.3 is 0 Å². The van der Waals surface area contributed by atoms with Crippen LogP contribution in [0, 0.1) is 5.82 Å². The molecule has 0 unspecified atom stereocenters. The Morgan fingerprint density at radius 2 is 1.89 bits per heavy atom. The van der Waals surface area contributed by atoms with E-state index in [1.807, 2.05) is 12.1 Å². The number of methoxy groups -OCH3 is 1. The third kappa shape index (κ3) is 1.54. The quantitative estimate of drug-likeness (QED) is 0.667. The molecule has 0 radical (unpaired) electrons. The summed E-state index contributed by atoms with van der Waals surface area (Å²) in [4.78, 5) is 4.40. The molecule has 0 bridgehead atoms. The highest BCUT2D eigenvalue weighted by atomic mass is 19.1. The largest absolute Gasteiger partial charge is 0.497 e. The van der Waals surface area contributed by atoms with Gasteiger partial charge in [-0.2, -0.15) is 0 Å². The summed E-state index contributed by atoms with van der Waals surface area (Å²) in [6.45, 7) is 0. The van der Waals surface area contributed by atoms with E-state index in [-0.39, 0.29) is 5.82 Å². The van der Waals surface area contributed by atoms with E-state index in [1.54, 1.807) is 19.2 Å². The molecule has 18 heavy (non-hydrogen) atoms. The standard InChI is InChI=1S/C14H11FN2O/c1-18-9-3-5-12-11(7-9)14(16)10-4-2-8(15)6-13(10)17-12/h2-7H,1H3,(H2,16,17). The van der Waals surface area contributed by atoms with Crippen LogP contribution in [0.15, 0.2) is 36.4 Å². The number of halogens is 1. The fourth-order valence-corrected chi connectivity index (χ4v) is 2.06. The average Bonchev–Trinajstić information content (AvgIpc) is 2.38. The molecule has 3 aromatic rings. The lowest BCUT2D eigenvalue weighted by molar-refractivity contribution is 0.415. The highest BCUT2D eigenvalue weighted by Gasteiger charge is 2.08. The van der Waals surface area contributed by atoms with Crippen molar-refractivity contribution in [2.45, 2.75) is 0 Å². The maximum absolute atomic E-state index is 13.2. The fraction of sp³-hybridized carbons (Fsp3) is 0.0714. The van der Waals surface area contributed by atoms with Gasteiger partial charge in [-0.15, -0.1) is 0 Å². The number of hydrogen-bond donors (Lipinski definition) is 1. The van der Waals surface area contributed by atoms with Gasteiger partial charge in [0.25, 0.3) is 0 Å². The summed E-state index contributed by atoms with van der Waals surface area (Å²) in [5, 5.41) is 1.56. The SMILES string of the molecule is COc1ccc2nc3cc(F)ccc3c(N)c2c1. The second-order valence-corrected chi connectivity index (χ2v) is 4.07. The minimum atomic E-state index is -0.317. The molecule has 0 fully saturated rings. The first-order valence-corrected chi connectivity index (χ1v) is 5.51. The van der Waals surface area contributed by atoms with Crippen molar-refractivity contribution in [3.8, 4) is 5.75 Å². The van der Waals surface area contributed by atoms with Crippen molar-refractivity contribution in [1.29, 1.82) is 0 Å². The predicted molar refractivity (Wildman–Crippen MR) is 70.2 cm³/mol. The molecule has 2 N–H and O–H groups in total. The summed E-state index contributed by atoms with van der Waals surface area (Å²) >= 11 is 0. The maximum atomic E-state index is 13.2. The number of nitrogens with two attached hydrogens (primary N) is 1. The Morgan fingerprint density at radius 3 is 2.67 bits per heavy atom. The van der Waals surface area contributed by atoms with Gasteiger partial charge in [0.15, 0.2) is 0 Å². The van der Waals surface area contributed by atoms with E-state index >= 15 is 0 Å². The number of nitrogen functional groups attached to an aromatic ring is 1. The van der Waals surface area contributed by atoms with Crippen LogP contribution < -0.4 is 10.5 Å². The van der Waals surface area contributed by atoms with Gasteiger partial charge < -0.3 is 10.5 Å². The predicted octanol–water partition coefficient (Wildman–Crippen LogP) is 3.12. The van der Waals surface area contributed by atoms with Gasteiger partial charge in [-0.25, -0.2) is 9.37 Å². The van der Waals surface area contributed by atoms with Gasteiger partial charge in [0.05, 0.1) is 23.8 Å². The number of benzene rings is 2. The zero-order valence-corrected chi connectivity index (χ0v) is 9.77. The molecule has 0 aliphatic carbocycles. The van der Waals surface area contributed by atoms with Gasteiger partial charge in [0, 0.05) is 16.8 Å². The summed E-state index contributed by atoms with van der Waals surface area (Å²) < 4.78 is 18.4. The van der Waals surface area contributed by atoms with Crippen LogP contribution in [0.1, 0.15) is 0 Å². The van der Waals surface area contributed by atoms with Crippen LogP contribution in [0.4, 0.5) is 10.1 Å². The van der Waals surface area contributed by atoms with Crippen LogP contribution in [0.25, 0.3) is 21.8 Å². The number of fused-ring (bicyclic) bond motifs is 2. The first kappa shape index (κ1) is 10.8. The fourth-order valence-electron chi connectivity index (χ4n) is 2.06. The van der Waals surface area contributed by atoms with Crippen molar-refractivity contribution < 1.29 is 9.13 Å². The minimum absolute atomic E-state index is 0.317. The lowest BCUT2D eigenvalue weighted by atomic mass is 10.1. The van der Waals surface area contributed by atoms with Gasteiger partial charge in [0.2, 0.25) is 0 Å². The molecular weight excluding hydrogens is 231 g/mol. The van der Waals surface area contributed by atoms with Crippen LogP contribution in [-0.4, -0.2) is 12.1 Å². The summed E-state index contributed by atoms with van der Waals surface area (Å²) in [5.74, 6) is 0.403. The Kier molecular flexibility index (Phi) is 2.30. The van der Waals surface area contributed by atoms with Crippen LogP contribution in [0.2, 0.25) is 0 Å². The van der Waals surface area contributed by atoms with Crippen molar-refractivity contribution in [3.63, 3.8) is 0 Å². The van der Waals surface area contributed by atoms with Gasteiger partial charge in [0.1, 0.15) is 11.6 Å². The van der Waals surface area contributed by atoms with Gasteiger partial charge in [-0.3, -0.25) is 0 Å². The summed E-state index contributed by atoms with van der Waals surface area (Å²) in [6, 6.07) is 9.86. The Hall–Kier alpha value is -2.36. The van der Waals surface area contributed by atoms with E-state index in [2.05, 4.69) is 4.98 Å². The average molecular weight is 242 g/mol. The molecule has 0 saturated carbocycles. The van der Waals surface area contributed by atoms with Crippen molar-refractivity contribution in [2.75, 3.05) is 12.8 Å². The summed E-state index contributed by atoms with van der Waals surface area (Å²) in [7, 11) is 1.60. The molecule has 0 amide bonds. The highest BCUT2D eigenvalue weighted by Crippen LogP contribution is 2.30. The summed E-state index contributed by atoms with van der Waals surface area (Å²) in [5.41, 5.74) is 7.99. The molecule has 4 heteroatoms.